The normalized spacial score (nSPS) is 10.3. The van der Waals surface area contributed by atoms with Gasteiger partial charge < -0.3 is 10.4 Å². The van der Waals surface area contributed by atoms with E-state index in [-0.39, 0.29) is 6.10 Å². The average Bonchev–Trinajstić information content (AvgIpc) is 2.36. The van der Waals surface area contributed by atoms with Gasteiger partial charge in [-0.2, -0.15) is 0 Å². The zero-order valence-electron chi connectivity index (χ0n) is 10.6. The zero-order valence-corrected chi connectivity index (χ0v) is 10.6. The molecule has 0 fully saturated rings. The van der Waals surface area contributed by atoms with Gasteiger partial charge in [-0.3, -0.25) is 0 Å². The fourth-order valence-electron chi connectivity index (χ4n) is 0.986. The Morgan fingerprint density at radius 2 is 1.53 bits per heavy atom. The monoisotopic (exact) mass is 211 g/mol. The summed E-state index contributed by atoms with van der Waals surface area (Å²) in [7, 11) is 1.83. The Balaban J connectivity index is 0. The van der Waals surface area contributed by atoms with Crippen molar-refractivity contribution in [3.8, 4) is 0 Å². The van der Waals surface area contributed by atoms with Gasteiger partial charge in [-0.1, -0.05) is 58.0 Å². The second-order valence-electron chi connectivity index (χ2n) is 2.48. The van der Waals surface area contributed by atoms with E-state index in [0.29, 0.717) is 6.54 Å². The SMILES string of the molecule is CC.CC.CNCC(O)c1ccccc1. The average molecular weight is 211 g/mol. The van der Waals surface area contributed by atoms with Gasteiger partial charge in [0.2, 0.25) is 0 Å². The quantitative estimate of drug-likeness (QED) is 0.805. The van der Waals surface area contributed by atoms with Crippen molar-refractivity contribution in [2.24, 2.45) is 0 Å². The highest BCUT2D eigenvalue weighted by atomic mass is 16.3. The Hall–Kier alpha value is -0.860. The van der Waals surface area contributed by atoms with Gasteiger partial charge in [-0.15, -0.1) is 0 Å². The van der Waals surface area contributed by atoms with Crippen LogP contribution in [0.25, 0.3) is 0 Å². The van der Waals surface area contributed by atoms with Gasteiger partial charge in [-0.25, -0.2) is 0 Å². The maximum Gasteiger partial charge on any atom is 0.0914 e. The molecule has 2 heteroatoms. The fourth-order valence-corrected chi connectivity index (χ4v) is 0.986. The molecule has 1 atom stereocenters. The van der Waals surface area contributed by atoms with E-state index in [0.717, 1.165) is 5.56 Å². The van der Waals surface area contributed by atoms with E-state index in [1.54, 1.807) is 0 Å². The lowest BCUT2D eigenvalue weighted by Gasteiger charge is -2.08. The molecule has 15 heavy (non-hydrogen) atoms. The lowest BCUT2D eigenvalue weighted by atomic mass is 10.1. The molecule has 0 saturated heterocycles. The molecule has 0 spiro atoms. The first-order valence-corrected chi connectivity index (χ1v) is 5.72. The standard InChI is InChI=1S/C9H13NO.2C2H6/c1-10-7-9(11)8-5-3-2-4-6-8;2*1-2/h2-6,9-11H,7H2,1H3;2*1-2H3. The van der Waals surface area contributed by atoms with Crippen LogP contribution in [0.1, 0.15) is 39.4 Å². The van der Waals surface area contributed by atoms with Gasteiger partial charge in [0, 0.05) is 6.54 Å². The van der Waals surface area contributed by atoms with Gasteiger partial charge in [-0.05, 0) is 12.6 Å². The Morgan fingerprint density at radius 1 is 1.07 bits per heavy atom. The van der Waals surface area contributed by atoms with Crippen LogP contribution in [0.4, 0.5) is 0 Å². The predicted molar refractivity (Wildman–Crippen MR) is 68.0 cm³/mol. The van der Waals surface area contributed by atoms with Crippen molar-refractivity contribution < 1.29 is 5.11 Å². The summed E-state index contributed by atoms with van der Waals surface area (Å²) in [6, 6.07) is 9.63. The molecule has 2 N–H and O–H groups in total. The number of aliphatic hydroxyl groups excluding tert-OH is 1. The molecule has 0 aliphatic rings. The lowest BCUT2D eigenvalue weighted by Crippen LogP contribution is -2.16. The van der Waals surface area contributed by atoms with E-state index in [1.165, 1.54) is 0 Å². The summed E-state index contributed by atoms with van der Waals surface area (Å²) in [4.78, 5) is 0. The molecule has 1 rings (SSSR count). The predicted octanol–water partition coefficient (Wildman–Crippen LogP) is 2.99. The van der Waals surface area contributed by atoms with Crippen molar-refractivity contribution in [1.82, 2.24) is 5.32 Å². The van der Waals surface area contributed by atoms with E-state index in [9.17, 15) is 5.11 Å². The Bertz CT molecular complexity index is 199. The van der Waals surface area contributed by atoms with E-state index in [2.05, 4.69) is 5.32 Å². The third kappa shape index (κ3) is 8.16. The van der Waals surface area contributed by atoms with Crippen molar-refractivity contribution in [3.05, 3.63) is 35.9 Å². The number of hydrogen-bond donors (Lipinski definition) is 2. The molecule has 0 aliphatic heterocycles. The molecule has 0 radical (unpaired) electrons. The van der Waals surface area contributed by atoms with E-state index in [1.807, 2.05) is 65.1 Å². The summed E-state index contributed by atoms with van der Waals surface area (Å²) in [6.07, 6.45) is -0.388. The van der Waals surface area contributed by atoms with Crippen LogP contribution in [0.3, 0.4) is 0 Å². The molecule has 1 unspecified atom stereocenters. The maximum absolute atomic E-state index is 9.46. The molecule has 0 amide bonds. The summed E-state index contributed by atoms with van der Waals surface area (Å²) >= 11 is 0. The van der Waals surface area contributed by atoms with Gasteiger partial charge in [0.15, 0.2) is 0 Å². The fraction of sp³-hybridized carbons (Fsp3) is 0.538. The van der Waals surface area contributed by atoms with Crippen LogP contribution >= 0.6 is 0 Å². The minimum atomic E-state index is -0.388. The molecule has 0 bridgehead atoms. The number of nitrogens with one attached hydrogen (secondary N) is 1. The Kier molecular flexibility index (Phi) is 14.5. The van der Waals surface area contributed by atoms with Gasteiger partial charge in [0.05, 0.1) is 6.10 Å². The van der Waals surface area contributed by atoms with Crippen LogP contribution in [-0.2, 0) is 0 Å². The minimum absolute atomic E-state index is 0.388. The molecule has 88 valence electrons. The van der Waals surface area contributed by atoms with Crippen LogP contribution in [0.5, 0.6) is 0 Å². The summed E-state index contributed by atoms with van der Waals surface area (Å²) in [5, 5.41) is 12.4. The van der Waals surface area contributed by atoms with E-state index < -0.39 is 0 Å². The largest absolute Gasteiger partial charge is 0.387 e. The second-order valence-corrected chi connectivity index (χ2v) is 2.48. The topological polar surface area (TPSA) is 32.3 Å². The van der Waals surface area contributed by atoms with Gasteiger partial charge in [0.25, 0.3) is 0 Å². The molecular weight excluding hydrogens is 186 g/mol. The first kappa shape index (κ1) is 16.6. The summed E-state index contributed by atoms with van der Waals surface area (Å²) in [6.45, 7) is 8.60. The third-order valence-corrected chi connectivity index (χ3v) is 1.58. The number of likely N-dealkylation sites (N-methyl/N-ethyl adjacent to an activating group) is 1. The van der Waals surface area contributed by atoms with E-state index >= 15 is 0 Å². The molecule has 1 aromatic rings. The van der Waals surface area contributed by atoms with Crippen LogP contribution in [0, 0.1) is 0 Å². The summed E-state index contributed by atoms with van der Waals surface area (Å²) in [5.74, 6) is 0. The Labute approximate surface area is 94.3 Å². The molecule has 1 aromatic carbocycles. The second kappa shape index (κ2) is 13.1. The number of rotatable bonds is 3. The smallest absolute Gasteiger partial charge is 0.0914 e. The van der Waals surface area contributed by atoms with Crippen molar-refractivity contribution in [2.45, 2.75) is 33.8 Å². The number of hydrogen-bond acceptors (Lipinski definition) is 2. The van der Waals surface area contributed by atoms with Crippen LogP contribution in [0.15, 0.2) is 30.3 Å². The molecule has 0 aliphatic carbocycles. The van der Waals surface area contributed by atoms with Crippen molar-refractivity contribution >= 4 is 0 Å². The van der Waals surface area contributed by atoms with Crippen molar-refractivity contribution in [2.75, 3.05) is 13.6 Å². The summed E-state index contributed by atoms with van der Waals surface area (Å²) < 4.78 is 0. The highest BCUT2D eigenvalue weighted by molar-refractivity contribution is 5.17. The highest BCUT2D eigenvalue weighted by Crippen LogP contribution is 2.09. The molecule has 0 aromatic heterocycles. The number of benzene rings is 1. The highest BCUT2D eigenvalue weighted by Gasteiger charge is 2.03. The first-order valence-electron chi connectivity index (χ1n) is 5.72. The lowest BCUT2D eigenvalue weighted by molar-refractivity contribution is 0.178. The number of aliphatic hydroxyl groups is 1. The maximum atomic E-state index is 9.46. The van der Waals surface area contributed by atoms with Crippen molar-refractivity contribution in [3.63, 3.8) is 0 Å². The molecule has 0 heterocycles. The van der Waals surface area contributed by atoms with Crippen LogP contribution in [-0.4, -0.2) is 18.7 Å². The van der Waals surface area contributed by atoms with Gasteiger partial charge in [0.1, 0.15) is 0 Å². The summed E-state index contributed by atoms with van der Waals surface area (Å²) in [5.41, 5.74) is 0.960. The zero-order chi connectivity index (χ0) is 12.1. The van der Waals surface area contributed by atoms with Gasteiger partial charge >= 0.3 is 0 Å². The van der Waals surface area contributed by atoms with Crippen molar-refractivity contribution in [1.29, 1.82) is 0 Å². The van der Waals surface area contributed by atoms with E-state index in [4.69, 9.17) is 0 Å². The van der Waals surface area contributed by atoms with Crippen LogP contribution in [0.2, 0.25) is 0 Å². The molecule has 2 nitrogen and oxygen atoms in total. The van der Waals surface area contributed by atoms with Crippen LogP contribution < -0.4 is 5.32 Å². The molecule has 0 saturated carbocycles. The first-order chi connectivity index (χ1) is 7.34. The molecular formula is C13H25NO. The Morgan fingerprint density at radius 3 is 1.93 bits per heavy atom. The third-order valence-electron chi connectivity index (χ3n) is 1.58. The minimum Gasteiger partial charge on any atom is -0.387 e.